The number of aliphatic hydroxyl groups is 1. The zero-order chi connectivity index (χ0) is 29.3. The molecule has 0 radical (unpaired) electrons. The molecule has 0 aliphatic carbocycles. The van der Waals surface area contributed by atoms with Crippen LogP contribution >= 0.6 is 27.7 Å². The van der Waals surface area contributed by atoms with E-state index in [-0.39, 0.29) is 46.4 Å². The minimum Gasteiger partial charge on any atom is -0.396 e. The van der Waals surface area contributed by atoms with Crippen LogP contribution < -0.4 is 0 Å². The number of hydrogen-bond acceptors (Lipinski definition) is 5. The average molecular weight is 627 g/mol. The van der Waals surface area contributed by atoms with Gasteiger partial charge in [0.05, 0.1) is 16.6 Å². The Morgan fingerprint density at radius 1 is 1.18 bits per heavy atom. The second kappa shape index (κ2) is 12.3. The second-order valence-electron chi connectivity index (χ2n) is 13.1. The third-order valence-electron chi connectivity index (χ3n) is 8.29. The lowest BCUT2D eigenvalue weighted by Gasteiger charge is -2.46. The lowest BCUT2D eigenvalue weighted by atomic mass is 9.70. The molecule has 3 heterocycles. The molecule has 3 aliphatic heterocycles. The van der Waals surface area contributed by atoms with Gasteiger partial charge in [0.15, 0.2) is 0 Å². The molecule has 7 nitrogen and oxygen atoms in total. The minimum atomic E-state index is -0.702. The molecule has 0 aromatic carbocycles. The number of likely N-dealkylation sites (tertiary alicyclic amines) is 1. The summed E-state index contributed by atoms with van der Waals surface area (Å²) >= 11 is 5.52. The summed E-state index contributed by atoms with van der Waals surface area (Å²) in [5.41, 5.74) is -0.491. The van der Waals surface area contributed by atoms with Crippen molar-refractivity contribution >= 4 is 45.4 Å². The minimum absolute atomic E-state index is 0.0149. The number of alkyl halides is 1. The average Bonchev–Trinajstić information content (AvgIpc) is 3.42. The van der Waals surface area contributed by atoms with Crippen LogP contribution in [0.15, 0.2) is 25.3 Å². The first-order valence-corrected chi connectivity index (χ1v) is 16.1. The van der Waals surface area contributed by atoms with Crippen molar-refractivity contribution in [2.75, 3.05) is 32.8 Å². The van der Waals surface area contributed by atoms with Crippen LogP contribution in [0.3, 0.4) is 0 Å². The summed E-state index contributed by atoms with van der Waals surface area (Å²) in [6.07, 6.45) is 6.10. The van der Waals surface area contributed by atoms with Crippen molar-refractivity contribution in [3.63, 3.8) is 0 Å². The van der Waals surface area contributed by atoms with Crippen molar-refractivity contribution in [2.45, 2.75) is 93.6 Å². The number of carbonyl (C=O) groups excluding carboxylic acids is 3. The molecule has 39 heavy (non-hydrogen) atoms. The Morgan fingerprint density at radius 2 is 1.82 bits per heavy atom. The van der Waals surface area contributed by atoms with Gasteiger partial charge in [-0.1, -0.05) is 55.8 Å². The molecule has 0 aromatic heterocycles. The van der Waals surface area contributed by atoms with E-state index in [9.17, 15) is 19.5 Å². The zero-order valence-corrected chi connectivity index (χ0v) is 27.0. The second-order valence-corrected chi connectivity index (χ2v) is 15.8. The SMILES string of the molecule is C=CCN(CCC)C(=O)[C@H]1[C@H]2C(=O)N(CCCO)C(C(=O)N(CC=C)C(C)(C)CC(C)(C)C)C23CC(Br)[C@@H]1S3. The molecule has 0 saturated carbocycles. The van der Waals surface area contributed by atoms with E-state index < -0.39 is 28.2 Å². The molecular formula is C30H48BrN3O4S. The van der Waals surface area contributed by atoms with Gasteiger partial charge < -0.3 is 19.8 Å². The highest BCUT2D eigenvalue weighted by Crippen LogP contribution is 2.68. The van der Waals surface area contributed by atoms with Crippen LogP contribution in [0.2, 0.25) is 0 Å². The van der Waals surface area contributed by atoms with E-state index in [0.717, 1.165) is 12.8 Å². The number of hydrogen-bond donors (Lipinski definition) is 1. The van der Waals surface area contributed by atoms with Gasteiger partial charge in [0.1, 0.15) is 6.04 Å². The maximum absolute atomic E-state index is 14.7. The van der Waals surface area contributed by atoms with E-state index in [0.29, 0.717) is 32.5 Å². The molecule has 1 spiro atoms. The van der Waals surface area contributed by atoms with Crippen molar-refractivity contribution in [3.05, 3.63) is 25.3 Å². The van der Waals surface area contributed by atoms with Crippen molar-refractivity contribution in [2.24, 2.45) is 17.3 Å². The number of halogens is 1. The molecule has 0 aromatic rings. The first-order chi connectivity index (χ1) is 18.2. The number of aliphatic hydroxyl groups excluding tert-OH is 1. The predicted molar refractivity (Wildman–Crippen MR) is 163 cm³/mol. The fourth-order valence-electron chi connectivity index (χ4n) is 7.41. The van der Waals surface area contributed by atoms with Crippen LogP contribution in [-0.2, 0) is 14.4 Å². The normalized spacial score (nSPS) is 29.9. The highest BCUT2D eigenvalue weighted by Gasteiger charge is 2.76. The van der Waals surface area contributed by atoms with E-state index in [1.165, 1.54) is 0 Å². The standard InChI is InChI=1S/C30H48BrN3O4S/c1-9-13-32(14-10-2)25(36)21-22-26(37)33(16-12-17-35)24(30(22)18-20(31)23(21)39-30)27(38)34(15-11-3)29(7,8)19-28(4,5)6/h9,11,20-24,35H,1,3,10,12-19H2,2,4-8H3/t20?,21-,22-,23-,24?,30?/m0/s1. The molecular weight excluding hydrogens is 578 g/mol. The summed E-state index contributed by atoms with van der Waals surface area (Å²) in [5, 5.41) is 9.58. The molecule has 3 amide bonds. The number of rotatable bonds is 13. The van der Waals surface area contributed by atoms with Gasteiger partial charge in [-0.2, -0.15) is 0 Å². The zero-order valence-electron chi connectivity index (χ0n) is 24.6. The molecule has 3 unspecified atom stereocenters. The van der Waals surface area contributed by atoms with Crippen molar-refractivity contribution < 1.29 is 19.5 Å². The number of carbonyl (C=O) groups is 3. The molecule has 3 aliphatic rings. The Morgan fingerprint density at radius 3 is 2.36 bits per heavy atom. The lowest BCUT2D eigenvalue weighted by Crippen LogP contribution is -2.60. The van der Waals surface area contributed by atoms with Gasteiger partial charge in [0, 0.05) is 48.4 Å². The Labute approximate surface area is 247 Å². The Kier molecular flexibility index (Phi) is 10.1. The maximum Gasteiger partial charge on any atom is 0.247 e. The quantitative estimate of drug-likeness (QED) is 0.241. The highest BCUT2D eigenvalue weighted by molar-refractivity contribution is 9.09. The van der Waals surface area contributed by atoms with Crippen molar-refractivity contribution in [1.29, 1.82) is 0 Å². The van der Waals surface area contributed by atoms with Crippen LogP contribution in [0.1, 0.15) is 67.2 Å². The maximum atomic E-state index is 14.7. The monoisotopic (exact) mass is 625 g/mol. The van der Waals surface area contributed by atoms with Crippen LogP contribution in [-0.4, -0.2) is 96.7 Å². The van der Waals surface area contributed by atoms with Gasteiger partial charge in [-0.15, -0.1) is 24.9 Å². The fraction of sp³-hybridized carbons (Fsp3) is 0.767. The number of amides is 3. The lowest BCUT2D eigenvalue weighted by molar-refractivity contribution is -0.147. The molecule has 2 bridgehead atoms. The van der Waals surface area contributed by atoms with Gasteiger partial charge in [-0.05, 0) is 44.9 Å². The van der Waals surface area contributed by atoms with E-state index in [2.05, 4.69) is 63.7 Å². The van der Waals surface area contributed by atoms with E-state index in [1.54, 1.807) is 28.8 Å². The largest absolute Gasteiger partial charge is 0.396 e. The molecule has 6 atom stereocenters. The van der Waals surface area contributed by atoms with Gasteiger partial charge in [-0.3, -0.25) is 14.4 Å². The van der Waals surface area contributed by atoms with Gasteiger partial charge in [-0.25, -0.2) is 0 Å². The predicted octanol–water partition coefficient (Wildman–Crippen LogP) is 4.49. The smallest absolute Gasteiger partial charge is 0.247 e. The van der Waals surface area contributed by atoms with Crippen molar-refractivity contribution in [3.8, 4) is 0 Å². The van der Waals surface area contributed by atoms with E-state index in [4.69, 9.17) is 0 Å². The Bertz CT molecular complexity index is 966. The summed E-state index contributed by atoms with van der Waals surface area (Å²) in [4.78, 5) is 48.4. The summed E-state index contributed by atoms with van der Waals surface area (Å²) < 4.78 is -0.702. The summed E-state index contributed by atoms with van der Waals surface area (Å²) in [5.74, 6) is -1.31. The topological polar surface area (TPSA) is 81.2 Å². The molecule has 3 fully saturated rings. The Hall–Kier alpha value is -1.32. The van der Waals surface area contributed by atoms with Crippen molar-refractivity contribution in [1.82, 2.24) is 14.7 Å². The van der Waals surface area contributed by atoms with Crippen LogP contribution in [0.25, 0.3) is 0 Å². The number of nitrogens with zero attached hydrogens (tertiary/aromatic N) is 3. The van der Waals surface area contributed by atoms with E-state index >= 15 is 0 Å². The molecule has 3 rings (SSSR count). The number of thioether (sulfide) groups is 1. The summed E-state index contributed by atoms with van der Waals surface area (Å²) in [6, 6.07) is -0.701. The fourth-order valence-corrected chi connectivity index (χ4v) is 11.0. The third kappa shape index (κ3) is 6.01. The van der Waals surface area contributed by atoms with Gasteiger partial charge in [0.2, 0.25) is 17.7 Å². The molecule has 1 N–H and O–H groups in total. The molecule has 9 heteroatoms. The first-order valence-electron chi connectivity index (χ1n) is 14.3. The third-order valence-corrected chi connectivity index (χ3v) is 11.5. The molecule has 220 valence electrons. The highest BCUT2D eigenvalue weighted by atomic mass is 79.9. The van der Waals surface area contributed by atoms with Crippen LogP contribution in [0.5, 0.6) is 0 Å². The van der Waals surface area contributed by atoms with Crippen LogP contribution in [0, 0.1) is 17.3 Å². The first kappa shape index (κ1) is 32.2. The van der Waals surface area contributed by atoms with Gasteiger partial charge in [0.25, 0.3) is 0 Å². The number of fused-ring (bicyclic) bond motifs is 1. The Balaban J connectivity index is 2.10. The summed E-state index contributed by atoms with van der Waals surface area (Å²) in [6.45, 7) is 22.1. The van der Waals surface area contributed by atoms with E-state index in [1.807, 2.05) is 16.7 Å². The summed E-state index contributed by atoms with van der Waals surface area (Å²) in [7, 11) is 0. The van der Waals surface area contributed by atoms with Gasteiger partial charge >= 0.3 is 0 Å². The molecule has 3 saturated heterocycles. The van der Waals surface area contributed by atoms with Crippen LogP contribution in [0.4, 0.5) is 0 Å².